The van der Waals surface area contributed by atoms with Gasteiger partial charge in [-0.05, 0) is 36.4 Å². The highest BCUT2D eigenvalue weighted by Crippen LogP contribution is 2.33. The molecule has 21 heavy (non-hydrogen) atoms. The highest BCUT2D eigenvalue weighted by molar-refractivity contribution is 6.09. The number of methoxy groups -OCH3 is 1. The van der Waals surface area contributed by atoms with Crippen LogP contribution in [0.15, 0.2) is 72.8 Å². The molecule has 0 saturated carbocycles. The van der Waals surface area contributed by atoms with Crippen LogP contribution in [0, 0.1) is 0 Å². The molecule has 4 rings (SSSR count). The van der Waals surface area contributed by atoms with Crippen molar-refractivity contribution in [1.82, 2.24) is 4.57 Å². The molecule has 0 bridgehead atoms. The van der Waals surface area contributed by atoms with Crippen LogP contribution in [-0.2, 0) is 0 Å². The van der Waals surface area contributed by atoms with E-state index < -0.39 is 0 Å². The van der Waals surface area contributed by atoms with E-state index in [-0.39, 0.29) is 0 Å². The number of fused-ring (bicyclic) bond motifs is 3. The van der Waals surface area contributed by atoms with Crippen LogP contribution in [0.1, 0.15) is 0 Å². The maximum absolute atomic E-state index is 5.38. The van der Waals surface area contributed by atoms with E-state index in [0.717, 1.165) is 5.75 Å². The normalized spacial score (nSPS) is 11.1. The molecule has 0 aliphatic rings. The lowest BCUT2D eigenvalue weighted by Crippen LogP contribution is -1.92. The molecule has 0 N–H and O–H groups in total. The zero-order valence-corrected chi connectivity index (χ0v) is 11.8. The Morgan fingerprint density at radius 3 is 2.24 bits per heavy atom. The highest BCUT2D eigenvalue weighted by atomic mass is 16.5. The second-order valence-electron chi connectivity index (χ2n) is 5.07. The van der Waals surface area contributed by atoms with Gasteiger partial charge in [0.1, 0.15) is 5.75 Å². The molecule has 0 atom stereocenters. The third kappa shape index (κ3) is 1.80. The molecule has 1 heterocycles. The van der Waals surface area contributed by atoms with Crippen LogP contribution in [0.4, 0.5) is 0 Å². The molecule has 1 aromatic heterocycles. The van der Waals surface area contributed by atoms with Crippen molar-refractivity contribution < 1.29 is 4.74 Å². The summed E-state index contributed by atoms with van der Waals surface area (Å²) in [6, 6.07) is 25.2. The molecule has 0 saturated heterocycles. The molecule has 0 amide bonds. The summed E-state index contributed by atoms with van der Waals surface area (Å²) in [6.07, 6.45) is 0. The second kappa shape index (κ2) is 4.67. The van der Waals surface area contributed by atoms with E-state index in [0.29, 0.717) is 0 Å². The standard InChI is InChI=1S/C19H15NO/c1-21-15-11-12-19-17(13-15)16-9-5-6-10-18(16)20(19)14-7-3-2-4-8-14/h2-13H,1H3. The van der Waals surface area contributed by atoms with Gasteiger partial charge in [0, 0.05) is 16.5 Å². The summed E-state index contributed by atoms with van der Waals surface area (Å²) in [7, 11) is 1.71. The van der Waals surface area contributed by atoms with Gasteiger partial charge in [-0.2, -0.15) is 0 Å². The summed E-state index contributed by atoms with van der Waals surface area (Å²) in [4.78, 5) is 0. The Balaban J connectivity index is 2.17. The molecular weight excluding hydrogens is 258 g/mol. The van der Waals surface area contributed by atoms with Crippen molar-refractivity contribution in [3.8, 4) is 11.4 Å². The molecule has 0 unspecified atom stereocenters. The number of benzene rings is 3. The topological polar surface area (TPSA) is 14.2 Å². The van der Waals surface area contributed by atoms with Crippen LogP contribution in [0.3, 0.4) is 0 Å². The van der Waals surface area contributed by atoms with E-state index >= 15 is 0 Å². The molecular formula is C19H15NO. The fourth-order valence-corrected chi connectivity index (χ4v) is 2.93. The maximum atomic E-state index is 5.38. The Hall–Kier alpha value is -2.74. The van der Waals surface area contributed by atoms with Gasteiger partial charge in [0.15, 0.2) is 0 Å². The minimum atomic E-state index is 0.887. The maximum Gasteiger partial charge on any atom is 0.119 e. The van der Waals surface area contributed by atoms with Crippen molar-refractivity contribution in [1.29, 1.82) is 0 Å². The van der Waals surface area contributed by atoms with Crippen molar-refractivity contribution in [3.63, 3.8) is 0 Å². The van der Waals surface area contributed by atoms with Gasteiger partial charge in [0.25, 0.3) is 0 Å². The Bertz CT molecular complexity index is 922. The fraction of sp³-hybridized carbons (Fsp3) is 0.0526. The lowest BCUT2D eigenvalue weighted by atomic mass is 10.1. The smallest absolute Gasteiger partial charge is 0.119 e. The van der Waals surface area contributed by atoms with Crippen LogP contribution < -0.4 is 4.74 Å². The molecule has 4 aromatic rings. The first kappa shape index (κ1) is 12.0. The Morgan fingerprint density at radius 2 is 1.43 bits per heavy atom. The monoisotopic (exact) mass is 273 g/mol. The number of para-hydroxylation sites is 2. The van der Waals surface area contributed by atoms with Crippen molar-refractivity contribution in [2.24, 2.45) is 0 Å². The van der Waals surface area contributed by atoms with Crippen LogP contribution in [0.2, 0.25) is 0 Å². The van der Waals surface area contributed by atoms with Crippen LogP contribution in [0.5, 0.6) is 5.75 Å². The van der Waals surface area contributed by atoms with Gasteiger partial charge in [0.2, 0.25) is 0 Å². The Kier molecular flexibility index (Phi) is 2.68. The third-order valence-electron chi connectivity index (χ3n) is 3.89. The minimum absolute atomic E-state index is 0.887. The average Bonchev–Trinajstić information content (AvgIpc) is 2.89. The summed E-state index contributed by atoms with van der Waals surface area (Å²) in [5, 5.41) is 2.46. The number of aromatic nitrogens is 1. The van der Waals surface area contributed by atoms with Crippen LogP contribution >= 0.6 is 0 Å². The molecule has 0 aliphatic carbocycles. The Morgan fingerprint density at radius 1 is 0.714 bits per heavy atom. The van der Waals surface area contributed by atoms with E-state index in [1.54, 1.807) is 7.11 Å². The molecule has 2 nitrogen and oxygen atoms in total. The molecule has 2 heteroatoms. The molecule has 0 aliphatic heterocycles. The minimum Gasteiger partial charge on any atom is -0.497 e. The summed E-state index contributed by atoms with van der Waals surface area (Å²) >= 11 is 0. The third-order valence-corrected chi connectivity index (χ3v) is 3.89. The van der Waals surface area contributed by atoms with E-state index in [2.05, 4.69) is 65.2 Å². The Labute approximate surface area is 123 Å². The quantitative estimate of drug-likeness (QED) is 0.512. The van der Waals surface area contributed by atoms with Crippen LogP contribution in [-0.4, -0.2) is 11.7 Å². The van der Waals surface area contributed by atoms with Gasteiger partial charge < -0.3 is 9.30 Å². The van der Waals surface area contributed by atoms with E-state index in [9.17, 15) is 0 Å². The van der Waals surface area contributed by atoms with Gasteiger partial charge in [-0.1, -0.05) is 36.4 Å². The molecule has 102 valence electrons. The number of hydrogen-bond acceptors (Lipinski definition) is 1. The molecule has 0 fully saturated rings. The van der Waals surface area contributed by atoms with Gasteiger partial charge in [0.05, 0.1) is 18.1 Å². The molecule has 3 aromatic carbocycles. The SMILES string of the molecule is COc1ccc2c(c1)c1ccccc1n2-c1ccccc1. The number of hydrogen-bond donors (Lipinski definition) is 0. The lowest BCUT2D eigenvalue weighted by molar-refractivity contribution is 0.415. The molecule has 0 spiro atoms. The van der Waals surface area contributed by atoms with E-state index in [1.165, 1.54) is 27.5 Å². The predicted molar refractivity (Wildman–Crippen MR) is 87.3 cm³/mol. The van der Waals surface area contributed by atoms with Crippen molar-refractivity contribution in [3.05, 3.63) is 72.8 Å². The van der Waals surface area contributed by atoms with Crippen molar-refractivity contribution in [2.45, 2.75) is 0 Å². The summed E-state index contributed by atoms with van der Waals surface area (Å²) in [6.45, 7) is 0. The predicted octanol–water partition coefficient (Wildman–Crippen LogP) is 4.79. The van der Waals surface area contributed by atoms with Crippen molar-refractivity contribution in [2.75, 3.05) is 7.11 Å². The van der Waals surface area contributed by atoms with Crippen LogP contribution in [0.25, 0.3) is 27.5 Å². The van der Waals surface area contributed by atoms with Gasteiger partial charge >= 0.3 is 0 Å². The first-order valence-electron chi connectivity index (χ1n) is 7.01. The second-order valence-corrected chi connectivity index (χ2v) is 5.07. The van der Waals surface area contributed by atoms with E-state index in [1.807, 2.05) is 12.1 Å². The summed E-state index contributed by atoms with van der Waals surface area (Å²) in [5.41, 5.74) is 3.59. The van der Waals surface area contributed by atoms with Gasteiger partial charge in [-0.15, -0.1) is 0 Å². The van der Waals surface area contributed by atoms with E-state index in [4.69, 9.17) is 4.74 Å². The van der Waals surface area contributed by atoms with Gasteiger partial charge in [-0.3, -0.25) is 0 Å². The van der Waals surface area contributed by atoms with Gasteiger partial charge in [-0.25, -0.2) is 0 Å². The zero-order chi connectivity index (χ0) is 14.2. The summed E-state index contributed by atoms with van der Waals surface area (Å²) in [5.74, 6) is 0.887. The number of rotatable bonds is 2. The largest absolute Gasteiger partial charge is 0.497 e. The molecule has 0 radical (unpaired) electrons. The number of nitrogens with zero attached hydrogens (tertiary/aromatic N) is 1. The first-order chi connectivity index (χ1) is 10.4. The fourth-order valence-electron chi connectivity index (χ4n) is 2.93. The highest BCUT2D eigenvalue weighted by Gasteiger charge is 2.11. The summed E-state index contributed by atoms with van der Waals surface area (Å²) < 4.78 is 7.67. The average molecular weight is 273 g/mol. The zero-order valence-electron chi connectivity index (χ0n) is 11.8. The lowest BCUT2D eigenvalue weighted by Gasteiger charge is -2.07. The first-order valence-corrected chi connectivity index (χ1v) is 7.01. The van der Waals surface area contributed by atoms with Crippen molar-refractivity contribution >= 4 is 21.8 Å². The number of ether oxygens (including phenoxy) is 1.